The second kappa shape index (κ2) is 12.7. The van der Waals surface area contributed by atoms with Crippen LogP contribution in [0.3, 0.4) is 0 Å². The van der Waals surface area contributed by atoms with Gasteiger partial charge in [-0.1, -0.05) is 40.0 Å². The molecule has 0 fully saturated rings. The van der Waals surface area contributed by atoms with E-state index in [4.69, 9.17) is 9.97 Å². The summed E-state index contributed by atoms with van der Waals surface area (Å²) in [5.74, 6) is 0. The van der Waals surface area contributed by atoms with Crippen LogP contribution in [0.15, 0.2) is 48.8 Å². The summed E-state index contributed by atoms with van der Waals surface area (Å²) < 4.78 is 0. The first-order chi connectivity index (χ1) is 20.7. The van der Waals surface area contributed by atoms with Gasteiger partial charge in [0.15, 0.2) is 0 Å². The molecule has 4 aromatic rings. The van der Waals surface area contributed by atoms with Crippen molar-refractivity contribution in [2.45, 2.75) is 78.6 Å². The Labute approximate surface area is 248 Å². The predicted molar refractivity (Wildman–Crippen MR) is 178 cm³/mol. The summed E-state index contributed by atoms with van der Waals surface area (Å²) in [6.07, 6.45) is 22.2. The van der Waals surface area contributed by atoms with Crippen molar-refractivity contribution in [1.82, 2.24) is 24.9 Å². The second-order valence-electron chi connectivity index (χ2n) is 11.4. The molecule has 0 aromatic carbocycles. The third-order valence-corrected chi connectivity index (χ3v) is 8.39. The predicted octanol–water partition coefficient (Wildman–Crippen LogP) is 9.75. The molecule has 0 saturated carbocycles. The standard InChI is InChI=1S/C37H41N5/c1-4-7-10-26-29-13-15-31(39-29)27(11-8-5-2)33-17-19-35(41-33)37(25-21-23-38-24-22-25)36-20-18-34(42-36)28(12-9-6-3)32-16-14-30(26)40-32/h13-24,39,41H,4-12H2,1-3H3. The lowest BCUT2D eigenvalue weighted by molar-refractivity contribution is 0.786. The molecule has 0 unspecified atom stereocenters. The molecule has 8 bridgehead atoms. The Morgan fingerprint density at radius 2 is 0.952 bits per heavy atom. The van der Waals surface area contributed by atoms with Crippen LogP contribution >= 0.6 is 0 Å². The van der Waals surface area contributed by atoms with Gasteiger partial charge < -0.3 is 9.97 Å². The van der Waals surface area contributed by atoms with Gasteiger partial charge in [0.1, 0.15) is 0 Å². The van der Waals surface area contributed by atoms with Crippen LogP contribution in [0, 0.1) is 0 Å². The molecular formula is C37H41N5. The van der Waals surface area contributed by atoms with Gasteiger partial charge in [-0.3, -0.25) is 4.98 Å². The SMILES string of the molecule is CCCCc1c2nc(c(CCCC)c3ccc([nH]3)c(CCCC)c3ccc([nH]3)c(-c3ccncc3)c3nc1C=C3)C=C2. The van der Waals surface area contributed by atoms with Crippen molar-refractivity contribution in [3.05, 3.63) is 88.3 Å². The molecule has 2 N–H and O–H groups in total. The van der Waals surface area contributed by atoms with Crippen molar-refractivity contribution in [2.24, 2.45) is 0 Å². The van der Waals surface area contributed by atoms with Crippen LogP contribution in [0.1, 0.15) is 98.8 Å². The highest BCUT2D eigenvalue weighted by molar-refractivity contribution is 5.92. The Morgan fingerprint density at radius 1 is 0.500 bits per heavy atom. The second-order valence-corrected chi connectivity index (χ2v) is 11.4. The van der Waals surface area contributed by atoms with Crippen molar-refractivity contribution < 1.29 is 0 Å². The first kappa shape index (κ1) is 27.9. The number of aryl methyl sites for hydroxylation is 2. The van der Waals surface area contributed by atoms with E-state index in [0.717, 1.165) is 103 Å². The fourth-order valence-electron chi connectivity index (χ4n) is 6.06. The Balaban J connectivity index is 1.74. The van der Waals surface area contributed by atoms with E-state index >= 15 is 0 Å². The van der Waals surface area contributed by atoms with Gasteiger partial charge in [0.05, 0.1) is 22.8 Å². The van der Waals surface area contributed by atoms with Gasteiger partial charge in [0.25, 0.3) is 0 Å². The lowest BCUT2D eigenvalue weighted by atomic mass is 10.0. The average molecular weight is 556 g/mol. The largest absolute Gasteiger partial charge is 0.355 e. The fraction of sp³-hybridized carbons (Fsp3) is 0.324. The number of fused-ring (bicyclic) bond motifs is 8. The van der Waals surface area contributed by atoms with Crippen molar-refractivity contribution in [3.8, 4) is 11.1 Å². The molecular weight excluding hydrogens is 514 g/mol. The van der Waals surface area contributed by atoms with Gasteiger partial charge >= 0.3 is 0 Å². The number of aromatic amines is 2. The molecule has 5 heteroatoms. The topological polar surface area (TPSA) is 70.2 Å². The van der Waals surface area contributed by atoms with Crippen LogP contribution < -0.4 is 0 Å². The van der Waals surface area contributed by atoms with Gasteiger partial charge in [0.2, 0.25) is 0 Å². The first-order valence-corrected chi connectivity index (χ1v) is 15.7. The van der Waals surface area contributed by atoms with E-state index in [1.54, 1.807) is 0 Å². The molecule has 0 spiro atoms. The van der Waals surface area contributed by atoms with Crippen LogP contribution in [0.4, 0.5) is 0 Å². The van der Waals surface area contributed by atoms with Gasteiger partial charge in [-0.05, 0) is 110 Å². The number of nitrogens with one attached hydrogen (secondary N) is 2. The summed E-state index contributed by atoms with van der Waals surface area (Å²) in [4.78, 5) is 22.5. The molecule has 42 heavy (non-hydrogen) atoms. The Kier molecular flexibility index (Phi) is 8.45. The number of pyridine rings is 1. The molecule has 6 heterocycles. The quantitative estimate of drug-likeness (QED) is 0.177. The molecule has 0 radical (unpaired) electrons. The van der Waals surface area contributed by atoms with E-state index in [-0.39, 0.29) is 0 Å². The van der Waals surface area contributed by atoms with Crippen LogP contribution in [-0.4, -0.2) is 24.9 Å². The third-order valence-electron chi connectivity index (χ3n) is 8.39. The van der Waals surface area contributed by atoms with Crippen molar-refractivity contribution in [1.29, 1.82) is 0 Å². The van der Waals surface area contributed by atoms with Gasteiger partial charge in [-0.25, -0.2) is 9.97 Å². The zero-order valence-corrected chi connectivity index (χ0v) is 25.1. The van der Waals surface area contributed by atoms with Gasteiger partial charge in [-0.15, -0.1) is 0 Å². The van der Waals surface area contributed by atoms with Crippen LogP contribution in [0.5, 0.6) is 0 Å². The lowest BCUT2D eigenvalue weighted by Crippen LogP contribution is -1.96. The minimum absolute atomic E-state index is 0.952. The Bertz CT molecular complexity index is 1790. The maximum absolute atomic E-state index is 5.27. The van der Waals surface area contributed by atoms with E-state index < -0.39 is 0 Å². The number of rotatable bonds is 10. The number of H-pyrrole nitrogens is 2. The number of unbranched alkanes of at least 4 members (excludes halogenated alkanes) is 3. The normalized spacial score (nSPS) is 12.4. The maximum atomic E-state index is 5.27. The number of aromatic nitrogens is 5. The highest BCUT2D eigenvalue weighted by Crippen LogP contribution is 2.32. The molecule has 4 aromatic heterocycles. The first-order valence-electron chi connectivity index (χ1n) is 15.7. The molecule has 5 nitrogen and oxygen atoms in total. The minimum Gasteiger partial charge on any atom is -0.355 e. The fourth-order valence-corrected chi connectivity index (χ4v) is 6.06. The molecule has 0 aliphatic carbocycles. The zero-order chi connectivity index (χ0) is 28.9. The van der Waals surface area contributed by atoms with Gasteiger partial charge in [-0.2, -0.15) is 0 Å². The molecule has 0 atom stereocenters. The number of hydrogen-bond acceptors (Lipinski definition) is 3. The molecule has 214 valence electrons. The lowest BCUT2D eigenvalue weighted by Gasteiger charge is -2.06. The average Bonchev–Trinajstić information content (AvgIpc) is 3.84. The van der Waals surface area contributed by atoms with Crippen LogP contribution in [0.2, 0.25) is 0 Å². The summed E-state index contributed by atoms with van der Waals surface area (Å²) in [7, 11) is 0. The van der Waals surface area contributed by atoms with E-state index in [9.17, 15) is 0 Å². The maximum Gasteiger partial charge on any atom is 0.0737 e. The third kappa shape index (κ3) is 5.61. The minimum atomic E-state index is 0.952. The van der Waals surface area contributed by atoms with Crippen LogP contribution in [-0.2, 0) is 19.3 Å². The van der Waals surface area contributed by atoms with Crippen molar-refractivity contribution in [2.75, 3.05) is 0 Å². The molecule has 0 saturated heterocycles. The number of hydrogen-bond donors (Lipinski definition) is 2. The summed E-state index contributed by atoms with van der Waals surface area (Å²) >= 11 is 0. The highest BCUT2D eigenvalue weighted by atomic mass is 14.8. The molecule has 6 rings (SSSR count). The monoisotopic (exact) mass is 555 g/mol. The van der Waals surface area contributed by atoms with E-state index in [1.807, 2.05) is 12.4 Å². The van der Waals surface area contributed by atoms with Crippen molar-refractivity contribution in [3.63, 3.8) is 0 Å². The molecule has 2 aliphatic heterocycles. The molecule has 2 aliphatic rings. The number of nitrogens with zero attached hydrogens (tertiary/aromatic N) is 3. The van der Waals surface area contributed by atoms with Crippen molar-refractivity contribution >= 4 is 46.4 Å². The Morgan fingerprint density at radius 3 is 1.57 bits per heavy atom. The summed E-state index contributed by atoms with van der Waals surface area (Å²) in [5.41, 5.74) is 14.7. The van der Waals surface area contributed by atoms with E-state index in [0.29, 0.717) is 0 Å². The summed E-state index contributed by atoms with van der Waals surface area (Å²) in [6.45, 7) is 6.75. The Hall–Kier alpha value is -4.25. The van der Waals surface area contributed by atoms with E-state index in [2.05, 4.69) is 96.4 Å². The van der Waals surface area contributed by atoms with E-state index in [1.165, 1.54) is 27.7 Å². The van der Waals surface area contributed by atoms with Gasteiger partial charge in [0, 0.05) is 51.2 Å². The summed E-state index contributed by atoms with van der Waals surface area (Å²) in [5, 5.41) is 0. The smallest absolute Gasteiger partial charge is 0.0737 e. The van der Waals surface area contributed by atoms with Crippen LogP contribution in [0.25, 0.3) is 57.5 Å². The highest BCUT2D eigenvalue weighted by Gasteiger charge is 2.17. The zero-order valence-electron chi connectivity index (χ0n) is 25.1. The molecule has 0 amide bonds. The summed E-state index contributed by atoms with van der Waals surface area (Å²) in [6, 6.07) is 13.1.